The molecule has 0 atom stereocenters. The lowest BCUT2D eigenvalue weighted by Crippen LogP contribution is -2.44. The molecular weight excluding hydrogens is 236 g/mol. The third kappa shape index (κ3) is 4.48. The molecule has 4 heteroatoms. The van der Waals surface area contributed by atoms with Crippen molar-refractivity contribution in [3.63, 3.8) is 0 Å². The van der Waals surface area contributed by atoms with Crippen LogP contribution in [0.1, 0.15) is 19.5 Å². The predicted octanol–water partition coefficient (Wildman–Crippen LogP) is 1.58. The van der Waals surface area contributed by atoms with Gasteiger partial charge in [-0.2, -0.15) is 0 Å². The number of piperazine rings is 1. The first-order valence-corrected chi connectivity index (χ1v) is 7.25. The lowest BCUT2D eigenvalue weighted by atomic mass is 10.2. The molecular formula is C15H26N4. The lowest BCUT2D eigenvalue weighted by molar-refractivity contribution is 0.312. The zero-order chi connectivity index (χ0) is 13.7. The van der Waals surface area contributed by atoms with Crippen LogP contribution in [0.3, 0.4) is 0 Å². The zero-order valence-corrected chi connectivity index (χ0v) is 12.4. The van der Waals surface area contributed by atoms with Gasteiger partial charge in [0.2, 0.25) is 0 Å². The Balaban J connectivity index is 1.91. The Morgan fingerprint density at radius 3 is 2.63 bits per heavy atom. The maximum absolute atomic E-state index is 4.76. The Hall–Kier alpha value is -1.13. The van der Waals surface area contributed by atoms with Crippen LogP contribution in [-0.2, 0) is 6.54 Å². The van der Waals surface area contributed by atoms with Crippen molar-refractivity contribution in [2.24, 2.45) is 5.92 Å². The molecule has 0 amide bonds. The van der Waals surface area contributed by atoms with Crippen LogP contribution in [-0.4, -0.2) is 49.7 Å². The van der Waals surface area contributed by atoms with Gasteiger partial charge in [0.15, 0.2) is 0 Å². The van der Waals surface area contributed by atoms with Gasteiger partial charge in [-0.05, 0) is 31.6 Å². The second-order valence-corrected chi connectivity index (χ2v) is 5.80. The molecule has 106 valence electrons. The normalized spacial score (nSPS) is 17.2. The van der Waals surface area contributed by atoms with E-state index in [9.17, 15) is 0 Å². The summed E-state index contributed by atoms with van der Waals surface area (Å²) in [6.45, 7) is 10.7. The van der Waals surface area contributed by atoms with Crippen LogP contribution < -0.4 is 10.2 Å². The second-order valence-electron chi connectivity index (χ2n) is 5.80. The van der Waals surface area contributed by atoms with Crippen molar-refractivity contribution in [1.29, 1.82) is 0 Å². The molecule has 0 bridgehead atoms. The standard InChI is InChI=1S/C15H26N4/c1-13(2)11-16-12-14-5-4-6-15(17-14)19-9-7-18(3)8-10-19/h4-6,13,16H,7-12H2,1-3H3. The number of hydrogen-bond acceptors (Lipinski definition) is 4. The zero-order valence-electron chi connectivity index (χ0n) is 12.4. The van der Waals surface area contributed by atoms with Crippen LogP contribution in [0.2, 0.25) is 0 Å². The van der Waals surface area contributed by atoms with Gasteiger partial charge in [-0.3, -0.25) is 0 Å². The van der Waals surface area contributed by atoms with Crippen molar-refractivity contribution < 1.29 is 0 Å². The number of nitrogens with one attached hydrogen (secondary N) is 1. The number of rotatable bonds is 5. The fraction of sp³-hybridized carbons (Fsp3) is 0.667. The molecule has 0 aromatic carbocycles. The molecule has 0 aliphatic carbocycles. The van der Waals surface area contributed by atoms with Crippen LogP contribution in [0.4, 0.5) is 5.82 Å². The third-order valence-electron chi connectivity index (χ3n) is 3.48. The van der Waals surface area contributed by atoms with Crippen molar-refractivity contribution in [3.05, 3.63) is 23.9 Å². The first-order valence-electron chi connectivity index (χ1n) is 7.25. The summed E-state index contributed by atoms with van der Waals surface area (Å²) in [7, 11) is 2.18. The Bertz CT molecular complexity index is 383. The van der Waals surface area contributed by atoms with E-state index in [4.69, 9.17) is 4.98 Å². The molecule has 1 saturated heterocycles. The number of pyridine rings is 1. The van der Waals surface area contributed by atoms with Crippen molar-refractivity contribution in [1.82, 2.24) is 15.2 Å². The highest BCUT2D eigenvalue weighted by Crippen LogP contribution is 2.13. The van der Waals surface area contributed by atoms with E-state index in [-0.39, 0.29) is 0 Å². The molecule has 0 spiro atoms. The first kappa shape index (κ1) is 14.3. The van der Waals surface area contributed by atoms with Crippen molar-refractivity contribution in [3.8, 4) is 0 Å². The average Bonchev–Trinajstić information content (AvgIpc) is 2.39. The summed E-state index contributed by atoms with van der Waals surface area (Å²) >= 11 is 0. The van der Waals surface area contributed by atoms with Gasteiger partial charge in [0.25, 0.3) is 0 Å². The van der Waals surface area contributed by atoms with E-state index in [0.29, 0.717) is 5.92 Å². The number of likely N-dealkylation sites (N-methyl/N-ethyl adjacent to an activating group) is 1. The molecule has 1 aliphatic rings. The fourth-order valence-corrected chi connectivity index (χ4v) is 2.27. The van der Waals surface area contributed by atoms with Gasteiger partial charge in [-0.25, -0.2) is 4.98 Å². The maximum atomic E-state index is 4.76. The quantitative estimate of drug-likeness (QED) is 0.873. The van der Waals surface area contributed by atoms with Crippen LogP contribution in [0.5, 0.6) is 0 Å². The fourth-order valence-electron chi connectivity index (χ4n) is 2.27. The molecule has 0 radical (unpaired) electrons. The molecule has 1 fully saturated rings. The Morgan fingerprint density at radius 1 is 1.21 bits per heavy atom. The predicted molar refractivity (Wildman–Crippen MR) is 80.5 cm³/mol. The van der Waals surface area contributed by atoms with Gasteiger partial charge in [0.1, 0.15) is 5.82 Å². The van der Waals surface area contributed by atoms with E-state index in [2.05, 4.69) is 54.2 Å². The number of anilines is 1. The molecule has 1 aromatic rings. The van der Waals surface area contributed by atoms with Gasteiger partial charge in [-0.1, -0.05) is 19.9 Å². The lowest BCUT2D eigenvalue weighted by Gasteiger charge is -2.33. The van der Waals surface area contributed by atoms with Gasteiger partial charge in [0, 0.05) is 32.7 Å². The van der Waals surface area contributed by atoms with E-state index in [1.807, 2.05) is 0 Å². The molecule has 2 rings (SSSR count). The highest BCUT2D eigenvalue weighted by atomic mass is 15.3. The number of hydrogen-bond donors (Lipinski definition) is 1. The minimum atomic E-state index is 0.681. The van der Waals surface area contributed by atoms with Crippen LogP contribution in [0.25, 0.3) is 0 Å². The molecule has 1 aliphatic heterocycles. The van der Waals surface area contributed by atoms with Gasteiger partial charge in [-0.15, -0.1) is 0 Å². The summed E-state index contributed by atoms with van der Waals surface area (Å²) in [4.78, 5) is 9.51. The molecule has 4 nitrogen and oxygen atoms in total. The third-order valence-corrected chi connectivity index (χ3v) is 3.48. The monoisotopic (exact) mass is 262 g/mol. The van der Waals surface area contributed by atoms with E-state index >= 15 is 0 Å². The number of nitrogens with zero attached hydrogens (tertiary/aromatic N) is 3. The highest BCUT2D eigenvalue weighted by Gasteiger charge is 2.15. The number of aromatic nitrogens is 1. The van der Waals surface area contributed by atoms with Crippen molar-refractivity contribution in [2.45, 2.75) is 20.4 Å². The molecule has 1 aromatic heterocycles. The Kier molecular flexibility index (Phi) is 5.16. The van der Waals surface area contributed by atoms with Gasteiger partial charge < -0.3 is 15.1 Å². The van der Waals surface area contributed by atoms with E-state index < -0.39 is 0 Å². The highest BCUT2D eigenvalue weighted by molar-refractivity contribution is 5.39. The van der Waals surface area contributed by atoms with Gasteiger partial charge in [0.05, 0.1) is 5.69 Å². The summed E-state index contributed by atoms with van der Waals surface area (Å²) in [6.07, 6.45) is 0. The van der Waals surface area contributed by atoms with Crippen molar-refractivity contribution >= 4 is 5.82 Å². The summed E-state index contributed by atoms with van der Waals surface area (Å²) in [5.74, 6) is 1.80. The Morgan fingerprint density at radius 2 is 1.95 bits per heavy atom. The van der Waals surface area contributed by atoms with Crippen LogP contribution in [0.15, 0.2) is 18.2 Å². The second kappa shape index (κ2) is 6.87. The SMILES string of the molecule is CC(C)CNCc1cccc(N2CCN(C)CC2)n1. The minimum absolute atomic E-state index is 0.681. The first-order chi connectivity index (χ1) is 9.15. The molecule has 2 heterocycles. The molecule has 1 N–H and O–H groups in total. The Labute approximate surface area is 116 Å². The van der Waals surface area contributed by atoms with E-state index in [1.54, 1.807) is 0 Å². The minimum Gasteiger partial charge on any atom is -0.354 e. The summed E-state index contributed by atoms with van der Waals surface area (Å²) in [6, 6.07) is 6.34. The van der Waals surface area contributed by atoms with Crippen LogP contribution >= 0.6 is 0 Å². The molecule has 19 heavy (non-hydrogen) atoms. The summed E-state index contributed by atoms with van der Waals surface area (Å²) in [5, 5.41) is 3.45. The smallest absolute Gasteiger partial charge is 0.128 e. The van der Waals surface area contributed by atoms with Gasteiger partial charge >= 0.3 is 0 Å². The summed E-state index contributed by atoms with van der Waals surface area (Å²) in [5.41, 5.74) is 1.14. The molecule has 0 unspecified atom stereocenters. The maximum Gasteiger partial charge on any atom is 0.128 e. The van der Waals surface area contributed by atoms with E-state index in [0.717, 1.165) is 50.8 Å². The largest absolute Gasteiger partial charge is 0.354 e. The summed E-state index contributed by atoms with van der Waals surface area (Å²) < 4.78 is 0. The van der Waals surface area contributed by atoms with Crippen LogP contribution in [0, 0.1) is 5.92 Å². The van der Waals surface area contributed by atoms with E-state index in [1.165, 1.54) is 0 Å². The average molecular weight is 262 g/mol. The van der Waals surface area contributed by atoms with Crippen molar-refractivity contribution in [2.75, 3.05) is 44.7 Å². The molecule has 0 saturated carbocycles. The topological polar surface area (TPSA) is 31.4 Å².